The van der Waals surface area contributed by atoms with Gasteiger partial charge in [0.2, 0.25) is 11.8 Å². The van der Waals surface area contributed by atoms with Gasteiger partial charge >= 0.3 is 0 Å². The van der Waals surface area contributed by atoms with Crippen LogP contribution in [0.5, 0.6) is 0 Å². The molecule has 2 aromatic rings. The Morgan fingerprint density at radius 3 is 1.70 bits per heavy atom. The second kappa shape index (κ2) is 7.49. The van der Waals surface area contributed by atoms with Crippen molar-refractivity contribution in [3.63, 3.8) is 0 Å². The van der Waals surface area contributed by atoms with Gasteiger partial charge in [-0.15, -0.1) is 0 Å². The number of amides is 2. The van der Waals surface area contributed by atoms with Crippen molar-refractivity contribution in [2.24, 2.45) is 5.92 Å². The molecule has 120 valence electrons. The van der Waals surface area contributed by atoms with Gasteiger partial charge in [-0.05, 0) is 44.5 Å². The van der Waals surface area contributed by atoms with Gasteiger partial charge in [-0.25, -0.2) is 9.97 Å². The first kappa shape index (κ1) is 16.6. The molecule has 0 fully saturated rings. The molecule has 2 amide bonds. The van der Waals surface area contributed by atoms with E-state index in [2.05, 4.69) is 20.6 Å². The van der Waals surface area contributed by atoms with Crippen LogP contribution in [-0.4, -0.2) is 21.8 Å². The highest BCUT2D eigenvalue weighted by Crippen LogP contribution is 2.12. The molecule has 0 spiro atoms. The van der Waals surface area contributed by atoms with Gasteiger partial charge in [0.15, 0.2) is 0 Å². The van der Waals surface area contributed by atoms with E-state index in [9.17, 15) is 9.59 Å². The Labute approximate surface area is 135 Å². The Morgan fingerprint density at radius 1 is 0.913 bits per heavy atom. The number of aromatic nitrogens is 2. The summed E-state index contributed by atoms with van der Waals surface area (Å²) in [6, 6.07) is 10.7. The van der Waals surface area contributed by atoms with Gasteiger partial charge in [0.25, 0.3) is 0 Å². The molecule has 0 aromatic carbocycles. The molecular weight excluding hydrogens is 292 g/mol. The normalized spacial score (nSPS) is 10.4. The molecule has 0 aliphatic rings. The summed E-state index contributed by atoms with van der Waals surface area (Å²) in [5.41, 5.74) is 1.59. The second-order valence-electron chi connectivity index (χ2n) is 5.27. The summed E-state index contributed by atoms with van der Waals surface area (Å²) in [5, 5.41) is 5.36. The molecule has 2 heterocycles. The van der Waals surface area contributed by atoms with Crippen molar-refractivity contribution in [2.75, 3.05) is 10.6 Å². The van der Waals surface area contributed by atoms with Crippen LogP contribution < -0.4 is 10.6 Å². The molecule has 0 saturated carbocycles. The van der Waals surface area contributed by atoms with Gasteiger partial charge in [-0.3, -0.25) is 9.59 Å². The molecule has 0 saturated heterocycles. The molecule has 0 aliphatic carbocycles. The number of hydrogen-bond donors (Lipinski definition) is 2. The number of carbonyl (C=O) groups excluding carboxylic acids is 2. The van der Waals surface area contributed by atoms with E-state index in [1.165, 1.54) is 0 Å². The summed E-state index contributed by atoms with van der Waals surface area (Å²) in [6.07, 6.45) is 0.384. The summed E-state index contributed by atoms with van der Waals surface area (Å²) in [5.74, 6) is -0.684. The van der Waals surface area contributed by atoms with Crippen molar-refractivity contribution in [3.05, 3.63) is 47.8 Å². The van der Waals surface area contributed by atoms with Crippen LogP contribution in [0.15, 0.2) is 36.4 Å². The van der Waals surface area contributed by atoms with Crippen molar-refractivity contribution in [2.45, 2.75) is 27.2 Å². The second-order valence-corrected chi connectivity index (χ2v) is 5.27. The van der Waals surface area contributed by atoms with E-state index in [1.54, 1.807) is 31.2 Å². The van der Waals surface area contributed by atoms with Crippen LogP contribution in [0, 0.1) is 19.8 Å². The Balaban J connectivity index is 2.05. The van der Waals surface area contributed by atoms with Crippen molar-refractivity contribution >= 4 is 23.5 Å². The van der Waals surface area contributed by atoms with E-state index in [-0.39, 0.29) is 11.8 Å². The number of hydrogen-bond acceptors (Lipinski definition) is 4. The number of nitrogens with one attached hydrogen (secondary N) is 2. The highest BCUT2D eigenvalue weighted by atomic mass is 16.2. The van der Waals surface area contributed by atoms with Crippen molar-refractivity contribution in [1.29, 1.82) is 0 Å². The smallest absolute Gasteiger partial charge is 0.238 e. The van der Waals surface area contributed by atoms with Crippen LogP contribution in [0.4, 0.5) is 11.6 Å². The van der Waals surface area contributed by atoms with E-state index in [1.807, 2.05) is 26.0 Å². The fourth-order valence-electron chi connectivity index (χ4n) is 2.14. The van der Waals surface area contributed by atoms with E-state index < -0.39 is 5.92 Å². The molecule has 2 N–H and O–H groups in total. The number of aryl methyl sites for hydroxylation is 2. The molecule has 0 radical (unpaired) electrons. The van der Waals surface area contributed by atoms with Crippen LogP contribution in [0.3, 0.4) is 0 Å². The van der Waals surface area contributed by atoms with E-state index >= 15 is 0 Å². The molecule has 2 rings (SSSR count). The molecule has 6 heteroatoms. The molecule has 23 heavy (non-hydrogen) atoms. The molecule has 0 unspecified atom stereocenters. The van der Waals surface area contributed by atoms with Gasteiger partial charge in [-0.2, -0.15) is 0 Å². The summed E-state index contributed by atoms with van der Waals surface area (Å²) in [6.45, 7) is 5.46. The van der Waals surface area contributed by atoms with Gasteiger partial charge in [-0.1, -0.05) is 19.1 Å². The lowest BCUT2D eigenvalue weighted by atomic mass is 10.0. The van der Waals surface area contributed by atoms with Crippen LogP contribution in [-0.2, 0) is 9.59 Å². The molecule has 2 aromatic heterocycles. The summed E-state index contributed by atoms with van der Waals surface area (Å²) >= 11 is 0. The maximum atomic E-state index is 12.3. The number of nitrogens with zero attached hydrogens (tertiary/aromatic N) is 2. The highest BCUT2D eigenvalue weighted by Gasteiger charge is 2.25. The number of pyridine rings is 2. The topological polar surface area (TPSA) is 84.0 Å². The quantitative estimate of drug-likeness (QED) is 0.831. The largest absolute Gasteiger partial charge is 0.310 e. The van der Waals surface area contributed by atoms with Crippen molar-refractivity contribution < 1.29 is 9.59 Å². The van der Waals surface area contributed by atoms with Gasteiger partial charge in [0.05, 0.1) is 0 Å². The first-order chi connectivity index (χ1) is 11.0. The lowest BCUT2D eigenvalue weighted by Crippen LogP contribution is -2.33. The number of rotatable bonds is 5. The zero-order valence-corrected chi connectivity index (χ0v) is 13.5. The predicted molar refractivity (Wildman–Crippen MR) is 89.0 cm³/mol. The lowest BCUT2D eigenvalue weighted by Gasteiger charge is -2.14. The van der Waals surface area contributed by atoms with Crippen LogP contribution in [0.25, 0.3) is 0 Å². The number of carbonyl (C=O) groups is 2. The van der Waals surface area contributed by atoms with Crippen LogP contribution in [0.2, 0.25) is 0 Å². The fraction of sp³-hybridized carbons (Fsp3) is 0.294. The first-order valence-corrected chi connectivity index (χ1v) is 7.48. The predicted octanol–water partition coefficient (Wildman–Crippen LogP) is 2.70. The van der Waals surface area contributed by atoms with Crippen molar-refractivity contribution in [1.82, 2.24) is 9.97 Å². The molecule has 6 nitrogen and oxygen atoms in total. The molecular formula is C17H20N4O2. The third kappa shape index (κ3) is 4.60. The van der Waals surface area contributed by atoms with Gasteiger partial charge in [0.1, 0.15) is 17.6 Å². The Kier molecular flexibility index (Phi) is 5.41. The summed E-state index contributed by atoms with van der Waals surface area (Å²) in [7, 11) is 0. The van der Waals surface area contributed by atoms with Crippen molar-refractivity contribution in [3.8, 4) is 0 Å². The third-order valence-corrected chi connectivity index (χ3v) is 3.32. The maximum Gasteiger partial charge on any atom is 0.238 e. The van der Waals surface area contributed by atoms with Gasteiger partial charge < -0.3 is 10.6 Å². The minimum Gasteiger partial charge on any atom is -0.310 e. The van der Waals surface area contributed by atoms with E-state index in [0.29, 0.717) is 18.1 Å². The van der Waals surface area contributed by atoms with Crippen LogP contribution >= 0.6 is 0 Å². The Morgan fingerprint density at radius 2 is 1.35 bits per heavy atom. The Hall–Kier alpha value is -2.76. The SMILES string of the molecule is CCC(C(=O)Nc1cccc(C)n1)C(=O)Nc1cccc(C)n1. The lowest BCUT2D eigenvalue weighted by molar-refractivity contribution is -0.129. The molecule has 0 atom stereocenters. The Bertz CT molecular complexity index is 656. The third-order valence-electron chi connectivity index (χ3n) is 3.32. The highest BCUT2D eigenvalue weighted by molar-refractivity contribution is 6.10. The summed E-state index contributed by atoms with van der Waals surface area (Å²) < 4.78 is 0. The fourth-order valence-corrected chi connectivity index (χ4v) is 2.14. The minimum absolute atomic E-state index is 0.379. The molecule has 0 bridgehead atoms. The summed E-state index contributed by atoms with van der Waals surface area (Å²) in [4.78, 5) is 33.1. The van der Waals surface area contributed by atoms with E-state index in [0.717, 1.165) is 11.4 Å². The average molecular weight is 312 g/mol. The molecule has 0 aliphatic heterocycles. The first-order valence-electron chi connectivity index (χ1n) is 7.48. The zero-order chi connectivity index (χ0) is 16.8. The average Bonchev–Trinajstić information content (AvgIpc) is 2.47. The minimum atomic E-state index is -0.806. The maximum absolute atomic E-state index is 12.3. The zero-order valence-electron chi connectivity index (χ0n) is 13.5. The monoisotopic (exact) mass is 312 g/mol. The standard InChI is InChI=1S/C17H20N4O2/c1-4-13(16(22)20-14-9-5-7-11(2)18-14)17(23)21-15-10-6-8-12(3)19-15/h5-10,13H,4H2,1-3H3,(H,18,20,22)(H,19,21,23). The van der Waals surface area contributed by atoms with Crippen LogP contribution in [0.1, 0.15) is 24.7 Å². The number of anilines is 2. The van der Waals surface area contributed by atoms with E-state index in [4.69, 9.17) is 0 Å². The van der Waals surface area contributed by atoms with Gasteiger partial charge in [0, 0.05) is 11.4 Å².